The Balaban J connectivity index is 2.37. The summed E-state index contributed by atoms with van der Waals surface area (Å²) in [5.41, 5.74) is 0. The Morgan fingerprint density at radius 2 is 2.33 bits per heavy atom. The number of ether oxygens (including phenoxy) is 1. The molecule has 1 aliphatic heterocycles. The molecule has 1 aliphatic rings. The number of esters is 1. The quantitative estimate of drug-likeness (QED) is 0.354. The topological polar surface area (TPSA) is 29.3 Å². The molecule has 0 aliphatic carbocycles. The summed E-state index contributed by atoms with van der Waals surface area (Å²) in [6, 6.07) is 0.252. The minimum Gasteiger partial charge on any atom is -0.469 e. The van der Waals surface area contributed by atoms with Crippen LogP contribution < -0.4 is 0 Å². The Morgan fingerprint density at radius 3 is 2.75 bits per heavy atom. The molecule has 1 heterocycles. The maximum Gasteiger partial charge on any atom is 0.307 e. The van der Waals surface area contributed by atoms with Crippen LogP contribution in [0.1, 0.15) is 13.3 Å². The minimum atomic E-state index is -0.134. The van der Waals surface area contributed by atoms with Gasteiger partial charge in [-0.3, -0.25) is 9.69 Å². The van der Waals surface area contributed by atoms with Crippen LogP contribution in [0.4, 0.5) is 0 Å². The Kier molecular flexibility index (Phi) is 3.29. The smallest absolute Gasteiger partial charge is 0.307 e. The third kappa shape index (κ3) is 2.66. The Bertz CT molecular complexity index is 185. The van der Waals surface area contributed by atoms with Crippen molar-refractivity contribution < 1.29 is 9.53 Å². The van der Waals surface area contributed by atoms with Gasteiger partial charge in [-0.05, 0) is 6.92 Å². The summed E-state index contributed by atoms with van der Waals surface area (Å²) in [7, 11) is 1.43. The maximum absolute atomic E-state index is 10.9. The van der Waals surface area contributed by atoms with Crippen LogP contribution in [0.3, 0.4) is 0 Å². The van der Waals surface area contributed by atoms with E-state index in [4.69, 9.17) is 0 Å². The Morgan fingerprint density at radius 1 is 1.67 bits per heavy atom. The van der Waals surface area contributed by atoms with Crippen molar-refractivity contribution in [2.24, 2.45) is 0 Å². The third-order valence-electron chi connectivity index (χ3n) is 1.97. The van der Waals surface area contributed by atoms with Crippen molar-refractivity contribution in [2.45, 2.75) is 19.4 Å². The Hall–Kier alpha value is -0.830. The predicted octanol–water partition coefficient (Wildman–Crippen LogP) is 0.810. The van der Waals surface area contributed by atoms with Gasteiger partial charge in [-0.2, -0.15) is 0 Å². The van der Waals surface area contributed by atoms with Gasteiger partial charge in [0.2, 0.25) is 0 Å². The summed E-state index contributed by atoms with van der Waals surface area (Å²) >= 11 is 0. The van der Waals surface area contributed by atoms with Crippen LogP contribution in [0.15, 0.2) is 12.2 Å². The molecule has 1 saturated heterocycles. The van der Waals surface area contributed by atoms with Gasteiger partial charge in [0, 0.05) is 19.1 Å². The molecule has 3 nitrogen and oxygen atoms in total. The lowest BCUT2D eigenvalue weighted by Crippen LogP contribution is -2.20. The number of rotatable bonds is 4. The molecular weight excluding hydrogens is 154 g/mol. The molecule has 0 spiro atoms. The minimum absolute atomic E-state index is 0.134. The number of carbonyl (C=O) groups is 1. The molecular formula is C9H15NO2. The summed E-state index contributed by atoms with van der Waals surface area (Å²) in [5, 5.41) is 0. The van der Waals surface area contributed by atoms with E-state index in [9.17, 15) is 4.79 Å². The zero-order chi connectivity index (χ0) is 8.97. The average molecular weight is 169 g/mol. The second kappa shape index (κ2) is 4.26. The van der Waals surface area contributed by atoms with Crippen LogP contribution in [-0.4, -0.2) is 37.1 Å². The molecule has 0 amide bonds. The number of carbonyl (C=O) groups excluding carboxylic acids is 1. The van der Waals surface area contributed by atoms with E-state index in [1.54, 1.807) is 0 Å². The first-order valence-electron chi connectivity index (χ1n) is 4.21. The number of hydrogen-bond acceptors (Lipinski definition) is 3. The number of nitrogens with zero attached hydrogens (tertiary/aromatic N) is 1. The summed E-state index contributed by atoms with van der Waals surface area (Å²) in [6.07, 6.45) is 4.50. The summed E-state index contributed by atoms with van der Waals surface area (Å²) in [5.74, 6) is -0.134. The van der Waals surface area contributed by atoms with Crippen LogP contribution in [0.2, 0.25) is 0 Å². The van der Waals surface area contributed by atoms with Gasteiger partial charge in [0.25, 0.3) is 0 Å². The van der Waals surface area contributed by atoms with Gasteiger partial charge in [0.05, 0.1) is 13.5 Å². The fraction of sp³-hybridized carbons (Fsp3) is 0.667. The lowest BCUT2D eigenvalue weighted by Gasteiger charge is -2.11. The van der Waals surface area contributed by atoms with E-state index in [1.165, 1.54) is 7.11 Å². The van der Waals surface area contributed by atoms with Crippen molar-refractivity contribution in [3.8, 4) is 0 Å². The first kappa shape index (κ1) is 9.26. The van der Waals surface area contributed by atoms with Crippen molar-refractivity contribution in [1.29, 1.82) is 0 Å². The van der Waals surface area contributed by atoms with E-state index in [0.717, 1.165) is 13.1 Å². The molecule has 68 valence electrons. The first-order chi connectivity index (χ1) is 5.77. The molecule has 1 fully saturated rings. The zero-order valence-electron chi connectivity index (χ0n) is 7.62. The second-order valence-electron chi connectivity index (χ2n) is 2.91. The zero-order valence-corrected chi connectivity index (χ0v) is 7.62. The van der Waals surface area contributed by atoms with E-state index in [1.807, 2.05) is 19.1 Å². The molecule has 0 aromatic rings. The van der Waals surface area contributed by atoms with Crippen molar-refractivity contribution >= 4 is 5.97 Å². The van der Waals surface area contributed by atoms with Crippen molar-refractivity contribution in [1.82, 2.24) is 4.90 Å². The highest BCUT2D eigenvalue weighted by atomic mass is 16.5. The molecule has 0 N–H and O–H groups in total. The molecule has 1 rings (SSSR count). The summed E-state index contributed by atoms with van der Waals surface area (Å²) in [4.78, 5) is 13.2. The largest absolute Gasteiger partial charge is 0.469 e. The Labute approximate surface area is 73.0 Å². The van der Waals surface area contributed by atoms with Crippen LogP contribution in [0.25, 0.3) is 0 Å². The van der Waals surface area contributed by atoms with E-state index < -0.39 is 0 Å². The van der Waals surface area contributed by atoms with E-state index >= 15 is 0 Å². The van der Waals surface area contributed by atoms with Gasteiger partial charge in [-0.15, -0.1) is 0 Å². The predicted molar refractivity (Wildman–Crippen MR) is 46.8 cm³/mol. The molecule has 0 saturated carbocycles. The van der Waals surface area contributed by atoms with Crippen molar-refractivity contribution in [3.05, 3.63) is 12.2 Å². The monoisotopic (exact) mass is 169 g/mol. The molecule has 0 bridgehead atoms. The maximum atomic E-state index is 10.9. The fourth-order valence-corrected chi connectivity index (χ4v) is 1.18. The van der Waals surface area contributed by atoms with Crippen molar-refractivity contribution in [3.63, 3.8) is 0 Å². The van der Waals surface area contributed by atoms with Crippen LogP contribution in [0, 0.1) is 0 Å². The summed E-state index contributed by atoms with van der Waals surface area (Å²) < 4.78 is 4.61. The normalized spacial score (nSPS) is 19.5. The highest BCUT2D eigenvalue weighted by molar-refractivity contribution is 5.70. The van der Waals surface area contributed by atoms with Gasteiger partial charge in [0.1, 0.15) is 0 Å². The van der Waals surface area contributed by atoms with Gasteiger partial charge in [-0.25, -0.2) is 0 Å². The van der Waals surface area contributed by atoms with Gasteiger partial charge in [-0.1, -0.05) is 12.2 Å². The SMILES string of the molecule is C/C=C/C(CC(=O)OC)N1CC1. The molecule has 0 radical (unpaired) electrons. The fourth-order valence-electron chi connectivity index (χ4n) is 1.18. The lowest BCUT2D eigenvalue weighted by atomic mass is 10.2. The summed E-state index contributed by atoms with van der Waals surface area (Å²) in [6.45, 7) is 4.17. The lowest BCUT2D eigenvalue weighted by molar-refractivity contribution is -0.141. The molecule has 1 atom stereocenters. The number of hydrogen-bond donors (Lipinski definition) is 0. The average Bonchev–Trinajstić information content (AvgIpc) is 2.86. The molecule has 1 unspecified atom stereocenters. The van der Waals surface area contributed by atoms with E-state index in [2.05, 4.69) is 9.64 Å². The third-order valence-corrected chi connectivity index (χ3v) is 1.97. The molecule has 0 aromatic carbocycles. The van der Waals surface area contributed by atoms with Crippen molar-refractivity contribution in [2.75, 3.05) is 20.2 Å². The highest BCUT2D eigenvalue weighted by Gasteiger charge is 2.27. The van der Waals surface area contributed by atoms with Gasteiger partial charge in [0.15, 0.2) is 0 Å². The van der Waals surface area contributed by atoms with Gasteiger partial charge >= 0.3 is 5.97 Å². The molecule has 3 heteroatoms. The van der Waals surface area contributed by atoms with E-state index in [-0.39, 0.29) is 12.0 Å². The first-order valence-corrected chi connectivity index (χ1v) is 4.21. The molecule has 12 heavy (non-hydrogen) atoms. The molecule has 0 aromatic heterocycles. The highest BCUT2D eigenvalue weighted by Crippen LogP contribution is 2.15. The number of methoxy groups -OCH3 is 1. The van der Waals surface area contributed by atoms with Gasteiger partial charge < -0.3 is 4.74 Å². The standard InChI is InChI=1S/C9H15NO2/c1-3-4-8(10-5-6-10)7-9(11)12-2/h3-4,8H,5-7H2,1-2H3/b4-3+. The number of allylic oxidation sites excluding steroid dienone is 1. The van der Waals surface area contributed by atoms with E-state index in [0.29, 0.717) is 6.42 Å². The second-order valence-corrected chi connectivity index (χ2v) is 2.91. The van der Waals surface area contributed by atoms with Crippen LogP contribution in [-0.2, 0) is 9.53 Å². The van der Waals surface area contributed by atoms with Crippen LogP contribution in [0.5, 0.6) is 0 Å². The van der Waals surface area contributed by atoms with Crippen LogP contribution >= 0.6 is 0 Å².